The quantitative estimate of drug-likeness (QED) is 0.0911. The molecule has 0 aromatic heterocycles. The van der Waals surface area contributed by atoms with Gasteiger partial charge in [-0.1, -0.05) is 90.5 Å². The largest absolute Gasteiger partial charge is 0.392 e. The topological polar surface area (TPSA) is 119 Å². The summed E-state index contributed by atoms with van der Waals surface area (Å²) in [6.45, 7) is 35.3. The summed E-state index contributed by atoms with van der Waals surface area (Å²) in [5, 5.41) is 18.8. The highest BCUT2D eigenvalue weighted by molar-refractivity contribution is 5.97. The van der Waals surface area contributed by atoms with Crippen LogP contribution in [0.3, 0.4) is 0 Å². The van der Waals surface area contributed by atoms with Gasteiger partial charge in [-0.05, 0) is 116 Å². The number of rotatable bonds is 13. The third-order valence-electron chi connectivity index (χ3n) is 9.10. The van der Waals surface area contributed by atoms with Crippen molar-refractivity contribution >= 4 is 11.7 Å². The van der Waals surface area contributed by atoms with Crippen LogP contribution in [0, 0.1) is 11.3 Å². The number of allylic oxidation sites excluding steroid dienone is 3. The van der Waals surface area contributed by atoms with Crippen molar-refractivity contribution in [1.82, 2.24) is 20.9 Å². The van der Waals surface area contributed by atoms with Crippen molar-refractivity contribution in [2.45, 2.75) is 158 Å². The molecule has 8 heteroatoms. The van der Waals surface area contributed by atoms with E-state index in [0.29, 0.717) is 17.9 Å². The number of nitrogens with one attached hydrogen (secondary N) is 3. The molecule has 2 aliphatic rings. The molecule has 0 spiro atoms. The summed E-state index contributed by atoms with van der Waals surface area (Å²) in [5.74, 6) is 0.541. The summed E-state index contributed by atoms with van der Waals surface area (Å²) in [4.78, 5) is 19.4. The molecule has 1 heterocycles. The molecule has 1 aliphatic carbocycles. The molecule has 1 fully saturated rings. The normalized spacial score (nSPS) is 18.2. The van der Waals surface area contributed by atoms with Crippen LogP contribution in [0.1, 0.15) is 150 Å². The number of hydrogen-bond acceptors (Lipinski definition) is 6. The third-order valence-corrected chi connectivity index (χ3v) is 9.10. The number of nitriles is 1. The van der Waals surface area contributed by atoms with Gasteiger partial charge < -0.3 is 26.6 Å². The molecule has 2 unspecified atom stereocenters. The number of benzene rings is 1. The number of carbonyl (C=O) groups excluding carboxylic acids is 1. The van der Waals surface area contributed by atoms with Gasteiger partial charge in [-0.2, -0.15) is 5.26 Å². The summed E-state index contributed by atoms with van der Waals surface area (Å²) in [6.07, 6.45) is 13.9. The summed E-state index contributed by atoms with van der Waals surface area (Å²) in [6, 6.07) is 8.50. The van der Waals surface area contributed by atoms with Gasteiger partial charge in [0, 0.05) is 50.0 Å². The van der Waals surface area contributed by atoms with Crippen LogP contribution in [0.2, 0.25) is 0 Å². The average Bonchev–Trinajstić information content (AvgIpc) is 3.59. The van der Waals surface area contributed by atoms with Crippen molar-refractivity contribution in [1.29, 1.82) is 5.26 Å². The fourth-order valence-corrected chi connectivity index (χ4v) is 6.29. The maximum atomic E-state index is 12.4. The monoisotopic (exact) mass is 734 g/mol. The molecule has 0 radical (unpaired) electrons. The van der Waals surface area contributed by atoms with E-state index in [1.807, 2.05) is 32.9 Å². The Bertz CT molecular complexity index is 1340. The van der Waals surface area contributed by atoms with E-state index in [0.717, 1.165) is 68.4 Å². The minimum atomic E-state index is -0.567. The van der Waals surface area contributed by atoms with Gasteiger partial charge >= 0.3 is 0 Å². The van der Waals surface area contributed by atoms with Gasteiger partial charge in [-0.25, -0.2) is 0 Å². The maximum Gasteiger partial charge on any atom is 0.251 e. The standard InChI is InChI=1S/C30H44N6O.C6H12.C4H9N.C3H8.C2H6/c1-7-25-11-8-10-23-16-24(28(37)33-6)13-14-27(23)30(25,29(32)35-20(2)3)17-21(4)34-19-22(5)36-15-9-12-26(36)18-31;1-4-6(3)5-2;1-3-5-4-2;1-3-2;1-2/h11,13-14,16,20-21,26,34H,5,7-10,12,15,17,19H2,1-4,6H3,(H2,32,35)(H,33,37);4H,5H2,1-3H3;3,5H,1,4H2,2H3;3H2,1-2H3;1-2H3/b;6-4-;;;/t21-,26?,30?;;;;/m1..../s1. The average molecular weight is 734 g/mol. The van der Waals surface area contributed by atoms with Crippen molar-refractivity contribution in [3.63, 3.8) is 0 Å². The van der Waals surface area contributed by atoms with E-state index < -0.39 is 5.41 Å². The van der Waals surface area contributed by atoms with Crippen molar-refractivity contribution in [2.75, 3.05) is 26.7 Å². The second-order valence-corrected chi connectivity index (χ2v) is 13.6. The Labute approximate surface area is 326 Å². The van der Waals surface area contributed by atoms with Gasteiger partial charge in [-0.3, -0.25) is 9.79 Å². The summed E-state index contributed by atoms with van der Waals surface area (Å²) in [7, 11) is 1.66. The number of aryl methyl sites for hydroxylation is 1. The number of nitrogens with zero attached hydrogens (tertiary/aromatic N) is 3. The molecule has 3 atom stereocenters. The first-order chi connectivity index (χ1) is 25.3. The summed E-state index contributed by atoms with van der Waals surface area (Å²) in [5.41, 5.74) is 13.0. The molecule has 3 rings (SSSR count). The second-order valence-electron chi connectivity index (χ2n) is 13.6. The first kappa shape index (κ1) is 51.3. The molecule has 0 bridgehead atoms. The SMILES string of the molecule is C/C=C(/C)CC.C=C(CN[C@H](C)CC1(C(N)=NC(C)C)C(CC)=CCCc2cc(C(=O)NC)ccc21)N1CCCC1C#N.C=CNCC.CC.CCC. The molecule has 8 nitrogen and oxygen atoms in total. The molecule has 0 saturated carbocycles. The molecule has 1 amide bonds. The Kier molecular flexibility index (Phi) is 28.6. The molecule has 300 valence electrons. The number of amides is 1. The van der Waals surface area contributed by atoms with Crippen LogP contribution in [0.4, 0.5) is 0 Å². The highest BCUT2D eigenvalue weighted by Crippen LogP contribution is 2.43. The second kappa shape index (κ2) is 29.6. The molecule has 53 heavy (non-hydrogen) atoms. The zero-order chi connectivity index (χ0) is 41.0. The van der Waals surface area contributed by atoms with E-state index in [-0.39, 0.29) is 24.0 Å². The lowest BCUT2D eigenvalue weighted by molar-refractivity contribution is 0.0963. The number of nitrogens with two attached hydrogens (primary N) is 1. The highest BCUT2D eigenvalue weighted by Gasteiger charge is 2.43. The first-order valence-electron chi connectivity index (χ1n) is 20.2. The molecule has 1 aromatic carbocycles. The van der Waals surface area contributed by atoms with E-state index in [9.17, 15) is 10.1 Å². The lowest BCUT2D eigenvalue weighted by Crippen LogP contribution is -2.48. The minimum absolute atomic E-state index is 0.0629. The summed E-state index contributed by atoms with van der Waals surface area (Å²) >= 11 is 0. The van der Waals surface area contributed by atoms with Crippen LogP contribution < -0.4 is 21.7 Å². The van der Waals surface area contributed by atoms with Crippen LogP contribution in [0.25, 0.3) is 0 Å². The van der Waals surface area contributed by atoms with E-state index in [1.54, 1.807) is 13.2 Å². The molecule has 1 saturated heterocycles. The van der Waals surface area contributed by atoms with Crippen molar-refractivity contribution < 1.29 is 4.79 Å². The maximum absolute atomic E-state index is 12.4. The number of fused-ring (bicyclic) bond motifs is 1. The van der Waals surface area contributed by atoms with Gasteiger partial charge in [0.15, 0.2) is 0 Å². The number of amidine groups is 1. The Morgan fingerprint density at radius 1 is 1.19 bits per heavy atom. The van der Waals surface area contributed by atoms with Crippen LogP contribution in [-0.4, -0.2) is 61.5 Å². The van der Waals surface area contributed by atoms with Crippen molar-refractivity contribution in [3.8, 4) is 6.07 Å². The zero-order valence-corrected chi connectivity index (χ0v) is 36.2. The molecule has 1 aromatic rings. The van der Waals surface area contributed by atoms with E-state index in [2.05, 4.69) is 121 Å². The van der Waals surface area contributed by atoms with Crippen LogP contribution in [-0.2, 0) is 11.8 Å². The fraction of sp³-hybridized carbons (Fsp3) is 0.622. The fourth-order valence-electron chi connectivity index (χ4n) is 6.29. The third kappa shape index (κ3) is 17.2. The van der Waals surface area contributed by atoms with Gasteiger partial charge in [-0.15, -0.1) is 0 Å². The van der Waals surface area contributed by atoms with Crippen molar-refractivity contribution in [2.24, 2.45) is 10.7 Å². The smallest absolute Gasteiger partial charge is 0.251 e. The number of carbonyl (C=O) groups is 1. The van der Waals surface area contributed by atoms with Gasteiger partial charge in [0.2, 0.25) is 0 Å². The lowest BCUT2D eigenvalue weighted by Gasteiger charge is -2.40. The first-order valence-corrected chi connectivity index (χ1v) is 20.2. The predicted molar refractivity (Wildman–Crippen MR) is 232 cm³/mol. The number of aliphatic imine (C=N–C) groups is 1. The van der Waals surface area contributed by atoms with E-state index in [4.69, 9.17) is 10.7 Å². The van der Waals surface area contributed by atoms with Crippen LogP contribution in [0.5, 0.6) is 0 Å². The molecular weight excluding hydrogens is 655 g/mol. The Morgan fingerprint density at radius 3 is 2.28 bits per heavy atom. The lowest BCUT2D eigenvalue weighted by atomic mass is 9.67. The van der Waals surface area contributed by atoms with Gasteiger partial charge in [0.25, 0.3) is 5.91 Å². The molecule has 5 N–H and O–H groups in total. The minimum Gasteiger partial charge on any atom is -0.392 e. The highest BCUT2D eigenvalue weighted by atomic mass is 16.1. The summed E-state index contributed by atoms with van der Waals surface area (Å²) < 4.78 is 0. The number of likely N-dealkylation sites (tertiary alicyclic amines) is 1. The Hall–Kier alpha value is -3.83. The Morgan fingerprint density at radius 2 is 1.83 bits per heavy atom. The Balaban J connectivity index is 0. The molecular formula is C45H79N7O. The van der Waals surface area contributed by atoms with Gasteiger partial charge in [0.05, 0.1) is 11.5 Å². The number of hydrogen-bond donors (Lipinski definition) is 4. The zero-order valence-electron chi connectivity index (χ0n) is 36.2. The van der Waals surface area contributed by atoms with E-state index >= 15 is 0 Å². The van der Waals surface area contributed by atoms with E-state index in [1.165, 1.54) is 24.0 Å². The van der Waals surface area contributed by atoms with Crippen LogP contribution in [0.15, 0.2) is 71.5 Å². The van der Waals surface area contributed by atoms with Gasteiger partial charge in [0.1, 0.15) is 11.9 Å². The molecule has 1 aliphatic heterocycles. The predicted octanol–water partition coefficient (Wildman–Crippen LogP) is 9.75. The van der Waals surface area contributed by atoms with Crippen LogP contribution >= 0.6 is 0 Å². The van der Waals surface area contributed by atoms with Crippen molar-refractivity contribution in [3.05, 3.63) is 83.2 Å².